The summed E-state index contributed by atoms with van der Waals surface area (Å²) >= 11 is 3.48. The van der Waals surface area contributed by atoms with Gasteiger partial charge in [0.25, 0.3) is 0 Å². The molecule has 0 aliphatic heterocycles. The summed E-state index contributed by atoms with van der Waals surface area (Å²) in [6.07, 6.45) is 0.589. The summed E-state index contributed by atoms with van der Waals surface area (Å²) in [7, 11) is 0. The van der Waals surface area contributed by atoms with Gasteiger partial charge >= 0.3 is 0 Å². The van der Waals surface area contributed by atoms with Crippen LogP contribution in [0.15, 0.2) is 51.4 Å². The molecule has 3 rings (SSSR count). The molecule has 0 spiro atoms. The van der Waals surface area contributed by atoms with Gasteiger partial charge in [0.05, 0.1) is 0 Å². The van der Waals surface area contributed by atoms with Crippen LogP contribution in [0, 0.1) is 6.92 Å². The van der Waals surface area contributed by atoms with Crippen LogP contribution >= 0.6 is 15.9 Å². The first-order valence-corrected chi connectivity index (χ1v) is 7.29. The molecule has 3 nitrogen and oxygen atoms in total. The van der Waals surface area contributed by atoms with Gasteiger partial charge < -0.3 is 10.2 Å². The lowest BCUT2D eigenvalue weighted by Crippen LogP contribution is -2.14. The Balaban J connectivity index is 1.88. The summed E-state index contributed by atoms with van der Waals surface area (Å²) in [5.74, 6) is 0.679. The number of halogens is 1. The Kier molecular flexibility index (Phi) is 3.59. The standard InChI is InChI=1S/C16H15BrN2O/c1-10-6-7-11(17)8-12(10)13(18)9-16-19-14-4-2-3-5-15(14)20-16/h2-8,13H,9,18H2,1H3. The van der Waals surface area contributed by atoms with Crippen molar-refractivity contribution in [3.63, 3.8) is 0 Å². The number of benzene rings is 2. The monoisotopic (exact) mass is 330 g/mol. The second kappa shape index (κ2) is 5.38. The average molecular weight is 331 g/mol. The Morgan fingerprint density at radius 2 is 2.05 bits per heavy atom. The number of aromatic nitrogens is 1. The molecular weight excluding hydrogens is 316 g/mol. The van der Waals surface area contributed by atoms with E-state index in [-0.39, 0.29) is 6.04 Å². The Labute approximate surface area is 125 Å². The third kappa shape index (κ3) is 2.62. The van der Waals surface area contributed by atoms with E-state index in [9.17, 15) is 0 Å². The first kappa shape index (κ1) is 13.3. The Hall–Kier alpha value is -1.65. The highest BCUT2D eigenvalue weighted by Gasteiger charge is 2.14. The van der Waals surface area contributed by atoms with Gasteiger partial charge in [-0.15, -0.1) is 0 Å². The van der Waals surface area contributed by atoms with Gasteiger partial charge in [-0.25, -0.2) is 4.98 Å². The molecule has 0 saturated heterocycles. The molecule has 2 aromatic carbocycles. The minimum Gasteiger partial charge on any atom is -0.441 e. The second-order valence-electron chi connectivity index (χ2n) is 4.89. The van der Waals surface area contributed by atoms with Gasteiger partial charge in [-0.2, -0.15) is 0 Å². The largest absolute Gasteiger partial charge is 0.441 e. The molecule has 0 saturated carbocycles. The molecule has 0 aliphatic carbocycles. The van der Waals surface area contributed by atoms with Crippen molar-refractivity contribution in [1.82, 2.24) is 4.98 Å². The summed E-state index contributed by atoms with van der Waals surface area (Å²) in [6, 6.07) is 13.8. The number of oxazole rings is 1. The van der Waals surface area contributed by atoms with Gasteiger partial charge in [0.1, 0.15) is 5.52 Å². The predicted octanol–water partition coefficient (Wildman–Crippen LogP) is 4.14. The van der Waals surface area contributed by atoms with Gasteiger partial charge in [-0.1, -0.05) is 34.1 Å². The van der Waals surface area contributed by atoms with Crippen molar-refractivity contribution in [2.75, 3.05) is 0 Å². The smallest absolute Gasteiger partial charge is 0.197 e. The maximum absolute atomic E-state index is 6.30. The van der Waals surface area contributed by atoms with Crippen LogP contribution in [0.2, 0.25) is 0 Å². The van der Waals surface area contributed by atoms with Crippen LogP contribution in [-0.2, 0) is 6.42 Å². The number of rotatable bonds is 3. The molecule has 102 valence electrons. The van der Waals surface area contributed by atoms with Crippen molar-refractivity contribution in [2.24, 2.45) is 5.73 Å². The highest BCUT2D eigenvalue weighted by Crippen LogP contribution is 2.24. The highest BCUT2D eigenvalue weighted by atomic mass is 79.9. The summed E-state index contributed by atoms with van der Waals surface area (Å²) < 4.78 is 6.76. The van der Waals surface area contributed by atoms with E-state index >= 15 is 0 Å². The fraction of sp³-hybridized carbons (Fsp3) is 0.188. The molecule has 4 heteroatoms. The highest BCUT2D eigenvalue weighted by molar-refractivity contribution is 9.10. The maximum atomic E-state index is 6.30. The van der Waals surface area contributed by atoms with Crippen molar-refractivity contribution in [1.29, 1.82) is 0 Å². The van der Waals surface area contributed by atoms with Crippen molar-refractivity contribution in [3.05, 3.63) is 64.0 Å². The summed E-state index contributed by atoms with van der Waals surface area (Å²) in [5.41, 5.74) is 10.3. The molecule has 0 bridgehead atoms. The minimum absolute atomic E-state index is 0.124. The average Bonchev–Trinajstić information content (AvgIpc) is 2.83. The summed E-state index contributed by atoms with van der Waals surface area (Å²) in [4.78, 5) is 4.47. The van der Waals surface area contributed by atoms with Crippen LogP contribution in [0.3, 0.4) is 0 Å². The lowest BCUT2D eigenvalue weighted by molar-refractivity contribution is 0.502. The quantitative estimate of drug-likeness (QED) is 0.785. The molecule has 1 atom stereocenters. The molecule has 0 radical (unpaired) electrons. The molecule has 3 aromatic rings. The molecule has 20 heavy (non-hydrogen) atoms. The molecule has 2 N–H and O–H groups in total. The first-order chi connectivity index (χ1) is 9.63. The topological polar surface area (TPSA) is 52.0 Å². The van der Waals surface area contributed by atoms with Crippen LogP contribution in [-0.4, -0.2) is 4.98 Å². The van der Waals surface area contributed by atoms with E-state index in [2.05, 4.69) is 40.0 Å². The number of hydrogen-bond donors (Lipinski definition) is 1. The number of aryl methyl sites for hydroxylation is 1. The zero-order valence-electron chi connectivity index (χ0n) is 11.1. The van der Waals surface area contributed by atoms with E-state index in [1.54, 1.807) is 0 Å². The van der Waals surface area contributed by atoms with Crippen molar-refractivity contribution < 1.29 is 4.42 Å². The number of nitrogens with two attached hydrogens (primary N) is 1. The van der Waals surface area contributed by atoms with E-state index in [0.29, 0.717) is 12.3 Å². The predicted molar refractivity (Wildman–Crippen MR) is 83.5 cm³/mol. The molecular formula is C16H15BrN2O. The third-order valence-electron chi connectivity index (χ3n) is 3.37. The Morgan fingerprint density at radius 1 is 1.25 bits per heavy atom. The first-order valence-electron chi connectivity index (χ1n) is 6.49. The normalized spacial score (nSPS) is 12.8. The summed E-state index contributed by atoms with van der Waals surface area (Å²) in [5, 5.41) is 0. The van der Waals surface area contributed by atoms with Crippen LogP contribution in [0.4, 0.5) is 0 Å². The van der Waals surface area contributed by atoms with Crippen molar-refractivity contribution in [2.45, 2.75) is 19.4 Å². The van der Waals surface area contributed by atoms with Crippen LogP contribution < -0.4 is 5.73 Å². The van der Waals surface area contributed by atoms with Gasteiger partial charge in [0.2, 0.25) is 0 Å². The Morgan fingerprint density at radius 3 is 2.85 bits per heavy atom. The number of hydrogen-bond acceptors (Lipinski definition) is 3. The van der Waals surface area contributed by atoms with Gasteiger partial charge in [-0.3, -0.25) is 0 Å². The second-order valence-corrected chi connectivity index (χ2v) is 5.80. The molecule has 1 heterocycles. The summed E-state index contributed by atoms with van der Waals surface area (Å²) in [6.45, 7) is 2.06. The SMILES string of the molecule is Cc1ccc(Br)cc1C(N)Cc1nc2ccccc2o1. The number of nitrogens with zero attached hydrogens (tertiary/aromatic N) is 1. The van der Waals surface area contributed by atoms with Crippen molar-refractivity contribution >= 4 is 27.0 Å². The van der Waals surface area contributed by atoms with E-state index < -0.39 is 0 Å². The van der Waals surface area contributed by atoms with Gasteiger partial charge in [0, 0.05) is 16.9 Å². The van der Waals surface area contributed by atoms with Gasteiger partial charge in [0.15, 0.2) is 11.5 Å². The molecule has 0 fully saturated rings. The Bertz CT molecular complexity index is 718. The van der Waals surface area contributed by atoms with E-state index in [1.807, 2.05) is 30.3 Å². The van der Waals surface area contributed by atoms with Gasteiger partial charge in [-0.05, 0) is 42.3 Å². The zero-order chi connectivity index (χ0) is 14.1. The van der Waals surface area contributed by atoms with E-state index in [1.165, 1.54) is 5.56 Å². The lowest BCUT2D eigenvalue weighted by atomic mass is 10.00. The van der Waals surface area contributed by atoms with E-state index in [0.717, 1.165) is 21.1 Å². The third-order valence-corrected chi connectivity index (χ3v) is 3.87. The van der Waals surface area contributed by atoms with Crippen molar-refractivity contribution in [3.8, 4) is 0 Å². The van der Waals surface area contributed by atoms with E-state index in [4.69, 9.17) is 10.2 Å². The van der Waals surface area contributed by atoms with Crippen LogP contribution in [0.1, 0.15) is 23.1 Å². The van der Waals surface area contributed by atoms with Crippen LogP contribution in [0.25, 0.3) is 11.1 Å². The molecule has 1 unspecified atom stereocenters. The molecule has 0 amide bonds. The maximum Gasteiger partial charge on any atom is 0.197 e. The number of para-hydroxylation sites is 2. The fourth-order valence-corrected chi connectivity index (χ4v) is 2.69. The molecule has 0 aliphatic rings. The molecule has 1 aromatic heterocycles. The lowest BCUT2D eigenvalue weighted by Gasteiger charge is -2.13. The zero-order valence-corrected chi connectivity index (χ0v) is 12.7. The minimum atomic E-state index is -0.124. The van der Waals surface area contributed by atoms with Crippen LogP contribution in [0.5, 0.6) is 0 Å². The number of fused-ring (bicyclic) bond motifs is 1. The fourth-order valence-electron chi connectivity index (χ4n) is 2.32.